The fraction of sp³-hybridized carbons (Fsp3) is 0.382. The Hall–Kier alpha value is -4.97. The zero-order valence-electron chi connectivity index (χ0n) is 26.2. The summed E-state index contributed by atoms with van der Waals surface area (Å²) >= 11 is 0. The summed E-state index contributed by atoms with van der Waals surface area (Å²) in [4.78, 5) is 51.2. The molecular weight excluding hydrogens is 588 g/mol. The minimum Gasteiger partial charge on any atom is -0.496 e. The van der Waals surface area contributed by atoms with Crippen LogP contribution < -0.4 is 25.7 Å². The van der Waals surface area contributed by atoms with Crippen molar-refractivity contribution in [2.75, 3.05) is 33.9 Å². The van der Waals surface area contributed by atoms with Crippen LogP contribution in [0.3, 0.4) is 0 Å². The van der Waals surface area contributed by atoms with Crippen LogP contribution in [0.4, 0.5) is 0 Å². The van der Waals surface area contributed by atoms with Crippen molar-refractivity contribution in [1.82, 2.24) is 30.3 Å². The maximum absolute atomic E-state index is 13.1. The van der Waals surface area contributed by atoms with E-state index >= 15 is 0 Å². The number of imide groups is 1. The molecule has 46 heavy (non-hydrogen) atoms. The molecule has 3 amide bonds. The summed E-state index contributed by atoms with van der Waals surface area (Å²) in [5.74, 6) is 0.858. The van der Waals surface area contributed by atoms with E-state index in [1.54, 1.807) is 33.7 Å². The number of H-pyrrole nitrogens is 1. The number of benzene rings is 2. The highest BCUT2D eigenvalue weighted by Gasteiger charge is 2.29. The Labute approximate surface area is 266 Å². The van der Waals surface area contributed by atoms with Gasteiger partial charge < -0.3 is 24.3 Å². The maximum atomic E-state index is 13.1. The van der Waals surface area contributed by atoms with Crippen LogP contribution in [0.1, 0.15) is 54.2 Å². The van der Waals surface area contributed by atoms with Crippen molar-refractivity contribution in [3.8, 4) is 22.6 Å². The van der Waals surface area contributed by atoms with E-state index in [1.807, 2.05) is 29.2 Å². The lowest BCUT2D eigenvalue weighted by Crippen LogP contribution is -2.42. The number of nitrogens with one attached hydrogen (secondary N) is 3. The minimum absolute atomic E-state index is 0.0359. The predicted octanol–water partition coefficient (Wildman–Crippen LogP) is 2.96. The van der Waals surface area contributed by atoms with Gasteiger partial charge in [0.1, 0.15) is 17.0 Å². The lowest BCUT2D eigenvalue weighted by atomic mass is 9.86. The molecule has 2 fully saturated rings. The molecule has 2 saturated heterocycles. The molecule has 3 N–H and O–H groups in total. The van der Waals surface area contributed by atoms with Crippen LogP contribution in [-0.2, 0) is 28.0 Å². The van der Waals surface area contributed by atoms with E-state index in [9.17, 15) is 19.2 Å². The van der Waals surface area contributed by atoms with E-state index in [4.69, 9.17) is 9.47 Å². The van der Waals surface area contributed by atoms with Crippen molar-refractivity contribution in [2.45, 2.75) is 44.1 Å². The number of ether oxygens (including phenoxy) is 2. The summed E-state index contributed by atoms with van der Waals surface area (Å²) in [5.41, 5.74) is 4.80. The second kappa shape index (κ2) is 13.2. The average Bonchev–Trinajstić information content (AvgIpc) is 3.57. The first-order valence-corrected chi connectivity index (χ1v) is 15.5. The lowest BCUT2D eigenvalue weighted by molar-refractivity contribution is -0.134. The Kier molecular flexibility index (Phi) is 8.89. The number of methoxy groups -OCH3 is 2. The van der Waals surface area contributed by atoms with Gasteiger partial charge >= 0.3 is 0 Å². The Morgan fingerprint density at radius 3 is 2.33 bits per heavy atom. The molecule has 4 heterocycles. The number of pyridine rings is 1. The Balaban J connectivity index is 1.05. The first kappa shape index (κ1) is 31.0. The van der Waals surface area contributed by atoms with Crippen molar-refractivity contribution in [3.05, 3.63) is 75.8 Å². The van der Waals surface area contributed by atoms with Gasteiger partial charge in [0, 0.05) is 55.8 Å². The van der Waals surface area contributed by atoms with Crippen LogP contribution in [0.15, 0.2) is 53.6 Å². The van der Waals surface area contributed by atoms with Crippen LogP contribution in [0.25, 0.3) is 22.0 Å². The van der Waals surface area contributed by atoms with Crippen molar-refractivity contribution < 1.29 is 23.9 Å². The fourth-order valence-corrected chi connectivity index (χ4v) is 6.58. The average molecular weight is 627 g/mol. The molecule has 12 nitrogen and oxygen atoms in total. The Morgan fingerprint density at radius 2 is 1.67 bits per heavy atom. The number of piperidine rings is 2. The first-order valence-electron chi connectivity index (χ1n) is 15.5. The topological polar surface area (TPSA) is 148 Å². The number of aromatic nitrogens is 3. The SMILES string of the molecule is COc1cc(-c2cn(C)c(=O)c3[nH]ncc23)cc(OC)c1CNCC(=O)N1CCC(c2ccc(C3CCC(=O)NC3=O)cc2)CC1. The number of likely N-dealkylation sites (tertiary alicyclic amines) is 1. The number of hydrogen-bond donors (Lipinski definition) is 3. The van der Waals surface area contributed by atoms with Crippen LogP contribution >= 0.6 is 0 Å². The van der Waals surface area contributed by atoms with Gasteiger partial charge in [-0.2, -0.15) is 5.10 Å². The summed E-state index contributed by atoms with van der Waals surface area (Å²) in [6, 6.07) is 11.9. The van der Waals surface area contributed by atoms with Gasteiger partial charge in [-0.05, 0) is 54.0 Å². The highest BCUT2D eigenvalue weighted by molar-refractivity contribution is 6.01. The highest BCUT2D eigenvalue weighted by Crippen LogP contribution is 2.37. The summed E-state index contributed by atoms with van der Waals surface area (Å²) in [5, 5.41) is 13.3. The number of nitrogens with zero attached hydrogens (tertiary/aromatic N) is 3. The molecule has 0 bridgehead atoms. The predicted molar refractivity (Wildman–Crippen MR) is 172 cm³/mol. The van der Waals surface area contributed by atoms with E-state index in [2.05, 4.69) is 33.0 Å². The largest absolute Gasteiger partial charge is 0.496 e. The maximum Gasteiger partial charge on any atom is 0.276 e. The third kappa shape index (κ3) is 6.12. The van der Waals surface area contributed by atoms with Gasteiger partial charge in [0.05, 0.1) is 32.9 Å². The van der Waals surface area contributed by atoms with Crippen molar-refractivity contribution in [1.29, 1.82) is 0 Å². The van der Waals surface area contributed by atoms with Gasteiger partial charge in [0.15, 0.2) is 0 Å². The van der Waals surface area contributed by atoms with Gasteiger partial charge in [0.25, 0.3) is 5.56 Å². The lowest BCUT2D eigenvalue weighted by Gasteiger charge is -2.32. The van der Waals surface area contributed by atoms with Crippen LogP contribution in [0.5, 0.6) is 11.5 Å². The summed E-state index contributed by atoms with van der Waals surface area (Å²) in [6.45, 7) is 1.88. The Morgan fingerprint density at radius 1 is 1.00 bits per heavy atom. The fourth-order valence-electron chi connectivity index (χ4n) is 6.58. The molecule has 240 valence electrons. The van der Waals surface area contributed by atoms with E-state index < -0.39 is 0 Å². The summed E-state index contributed by atoms with van der Waals surface area (Å²) in [6.07, 6.45) is 6.03. The van der Waals surface area contributed by atoms with Crippen LogP contribution in [0.2, 0.25) is 0 Å². The minimum atomic E-state index is -0.287. The standard InChI is InChI=1S/C34H38N6O6/c1-39-19-27(25-17-36-38-32(25)34(39)44)23-14-28(45-2)26(29(15-23)46-3)16-35-18-31(42)40-12-10-21(11-13-40)20-4-6-22(7-5-20)24-8-9-30(41)37-33(24)43/h4-7,14-15,17,19,21,24,35H,8-13,16,18H2,1-3H3,(H,36,38)(H,37,41,43). The number of aromatic amines is 1. The molecule has 2 aromatic heterocycles. The van der Waals surface area contributed by atoms with Gasteiger partial charge in [-0.25, -0.2) is 0 Å². The normalized spacial score (nSPS) is 17.3. The second-order valence-corrected chi connectivity index (χ2v) is 11.9. The summed E-state index contributed by atoms with van der Waals surface area (Å²) in [7, 11) is 4.88. The molecule has 1 unspecified atom stereocenters. The van der Waals surface area contributed by atoms with Crippen LogP contribution in [0, 0.1) is 0 Å². The Bertz CT molecular complexity index is 1810. The molecule has 0 spiro atoms. The number of rotatable bonds is 9. The van der Waals surface area contributed by atoms with E-state index in [1.165, 1.54) is 10.1 Å². The zero-order valence-corrected chi connectivity index (χ0v) is 26.2. The number of hydrogen-bond acceptors (Lipinski definition) is 8. The van der Waals surface area contributed by atoms with Gasteiger partial charge in [-0.3, -0.25) is 29.6 Å². The highest BCUT2D eigenvalue weighted by atomic mass is 16.5. The molecule has 0 saturated carbocycles. The van der Waals surface area contributed by atoms with Crippen molar-refractivity contribution in [3.63, 3.8) is 0 Å². The quantitative estimate of drug-likeness (QED) is 0.240. The molecule has 1 atom stereocenters. The van der Waals surface area contributed by atoms with E-state index in [0.717, 1.165) is 35.1 Å². The molecule has 4 aromatic rings. The van der Waals surface area contributed by atoms with Gasteiger partial charge in [-0.1, -0.05) is 24.3 Å². The molecule has 2 aliphatic heterocycles. The molecule has 0 aliphatic carbocycles. The van der Waals surface area contributed by atoms with Gasteiger partial charge in [0.2, 0.25) is 17.7 Å². The third-order valence-electron chi connectivity index (χ3n) is 9.18. The van der Waals surface area contributed by atoms with Crippen LogP contribution in [-0.4, -0.2) is 71.2 Å². The number of amides is 3. The molecule has 2 aliphatic rings. The number of carbonyl (C=O) groups is 3. The van der Waals surface area contributed by atoms with Crippen molar-refractivity contribution >= 4 is 28.6 Å². The number of fused-ring (bicyclic) bond motifs is 1. The molecule has 6 rings (SSSR count). The number of aryl methyl sites for hydroxylation is 1. The second-order valence-electron chi connectivity index (χ2n) is 11.9. The molecule has 0 radical (unpaired) electrons. The van der Waals surface area contributed by atoms with Gasteiger partial charge in [-0.15, -0.1) is 0 Å². The monoisotopic (exact) mass is 626 g/mol. The number of carbonyl (C=O) groups excluding carboxylic acids is 3. The first-order chi connectivity index (χ1) is 22.3. The third-order valence-corrected chi connectivity index (χ3v) is 9.18. The summed E-state index contributed by atoms with van der Waals surface area (Å²) < 4.78 is 13.0. The smallest absolute Gasteiger partial charge is 0.276 e. The van der Waals surface area contributed by atoms with E-state index in [0.29, 0.717) is 60.8 Å². The molecule has 12 heteroatoms. The zero-order chi connectivity index (χ0) is 32.4. The van der Waals surface area contributed by atoms with E-state index in [-0.39, 0.29) is 35.7 Å². The molecular formula is C34H38N6O6. The van der Waals surface area contributed by atoms with Crippen molar-refractivity contribution in [2.24, 2.45) is 7.05 Å². The molecule has 2 aromatic carbocycles.